The topological polar surface area (TPSA) is 132 Å². The summed E-state index contributed by atoms with van der Waals surface area (Å²) in [7, 11) is 0. The molecule has 3 aliphatic rings. The zero-order valence-corrected chi connectivity index (χ0v) is 25.5. The minimum atomic E-state index is -1.14. The van der Waals surface area contributed by atoms with Crippen molar-refractivity contribution < 1.29 is 28.3 Å². The number of carbonyl (C=O) groups is 4. The van der Waals surface area contributed by atoms with E-state index in [1.807, 2.05) is 44.2 Å². The van der Waals surface area contributed by atoms with Crippen molar-refractivity contribution in [3.63, 3.8) is 0 Å². The van der Waals surface area contributed by atoms with E-state index in [1.54, 1.807) is 24.3 Å². The number of rotatable bonds is 7. The first-order valence-corrected chi connectivity index (χ1v) is 15.3. The molecule has 0 radical (unpaired) electrons. The number of benzene rings is 3. The average Bonchev–Trinajstić information content (AvgIpc) is 3.57. The van der Waals surface area contributed by atoms with E-state index < -0.39 is 47.3 Å². The van der Waals surface area contributed by atoms with Gasteiger partial charge in [0.25, 0.3) is 5.91 Å². The van der Waals surface area contributed by atoms with E-state index in [0.29, 0.717) is 11.3 Å². The fraction of sp³-hybridized carbons (Fsp3) is 0.343. The zero-order chi connectivity index (χ0) is 32.6. The Hall–Kier alpha value is -5.24. The zero-order valence-electron chi connectivity index (χ0n) is 25.5. The van der Waals surface area contributed by atoms with Gasteiger partial charge in [0.1, 0.15) is 30.5 Å². The number of likely N-dealkylation sites (tertiary alicyclic amines) is 1. The largest absolute Gasteiger partial charge is 0.445 e. The molecule has 0 aromatic heterocycles. The van der Waals surface area contributed by atoms with Crippen molar-refractivity contribution in [1.82, 2.24) is 10.2 Å². The molecule has 6 rings (SSSR count). The van der Waals surface area contributed by atoms with Crippen LogP contribution >= 0.6 is 0 Å². The molecular formula is C35H34FN5O5. The fourth-order valence-electron chi connectivity index (χ4n) is 6.81. The number of amides is 4. The predicted molar refractivity (Wildman–Crippen MR) is 167 cm³/mol. The van der Waals surface area contributed by atoms with Crippen LogP contribution < -0.4 is 15.5 Å². The van der Waals surface area contributed by atoms with Crippen LogP contribution in [0.25, 0.3) is 0 Å². The highest BCUT2D eigenvalue weighted by molar-refractivity contribution is 6.09. The summed E-state index contributed by atoms with van der Waals surface area (Å²) < 4.78 is 20.0. The summed E-state index contributed by atoms with van der Waals surface area (Å²) in [4.78, 5) is 57.6. The molecule has 10 nitrogen and oxygen atoms in total. The highest BCUT2D eigenvalue weighted by Gasteiger charge is 2.57. The van der Waals surface area contributed by atoms with Crippen LogP contribution in [0.2, 0.25) is 0 Å². The number of nitrogens with zero attached hydrogens (tertiary/aromatic N) is 3. The van der Waals surface area contributed by atoms with E-state index in [2.05, 4.69) is 16.7 Å². The minimum absolute atomic E-state index is 0.00345. The number of para-hydroxylation sites is 1. The summed E-state index contributed by atoms with van der Waals surface area (Å²) in [6.07, 6.45) is -0.450. The Balaban J connectivity index is 1.32. The van der Waals surface area contributed by atoms with Crippen molar-refractivity contribution in [2.75, 3.05) is 16.8 Å². The van der Waals surface area contributed by atoms with E-state index in [0.717, 1.165) is 11.1 Å². The van der Waals surface area contributed by atoms with Gasteiger partial charge >= 0.3 is 6.09 Å². The molecule has 3 aromatic carbocycles. The number of nitrogens with one attached hydrogen (secondary N) is 2. The molecule has 3 heterocycles. The molecular weight excluding hydrogens is 589 g/mol. The molecule has 236 valence electrons. The number of hydrogen-bond acceptors (Lipinski definition) is 6. The Bertz CT molecular complexity index is 1740. The first-order chi connectivity index (χ1) is 22.1. The SMILES string of the molecule is CC(C)C[C@@H](C(=O)N1C[C@]2(C[C@H]1C#N)C(=O)Nc1ccccc12)N1C(=O)C(NC(=O)OCc2ccccc2)Cc2ccc(F)cc21. The van der Waals surface area contributed by atoms with Gasteiger partial charge in [0.2, 0.25) is 11.8 Å². The van der Waals surface area contributed by atoms with E-state index in [9.17, 15) is 28.8 Å². The maximum atomic E-state index is 14.7. The molecule has 4 amide bonds. The summed E-state index contributed by atoms with van der Waals surface area (Å²) >= 11 is 0. The van der Waals surface area contributed by atoms with Gasteiger partial charge in [-0.3, -0.25) is 19.3 Å². The van der Waals surface area contributed by atoms with Gasteiger partial charge < -0.3 is 20.3 Å². The number of hydrogen-bond donors (Lipinski definition) is 2. The number of halogens is 1. The van der Waals surface area contributed by atoms with Crippen LogP contribution in [0.5, 0.6) is 0 Å². The maximum Gasteiger partial charge on any atom is 0.408 e. The molecule has 1 spiro atoms. The lowest BCUT2D eigenvalue weighted by Gasteiger charge is -2.41. The van der Waals surface area contributed by atoms with Crippen molar-refractivity contribution in [2.24, 2.45) is 5.92 Å². The Morgan fingerprint density at radius 3 is 2.59 bits per heavy atom. The first kappa shape index (κ1) is 30.8. The maximum absolute atomic E-state index is 14.7. The van der Waals surface area contributed by atoms with Gasteiger partial charge in [0.15, 0.2) is 0 Å². The second kappa shape index (κ2) is 12.3. The van der Waals surface area contributed by atoms with Crippen LogP contribution in [0.4, 0.5) is 20.6 Å². The van der Waals surface area contributed by atoms with Crippen LogP contribution in [-0.2, 0) is 37.6 Å². The molecule has 11 heteroatoms. The lowest BCUT2D eigenvalue weighted by Crippen LogP contribution is -2.60. The molecule has 0 bridgehead atoms. The van der Waals surface area contributed by atoms with Crippen molar-refractivity contribution in [3.05, 3.63) is 95.3 Å². The standard InChI is InChI=1S/C35H34FN5O5/c1-21(2)14-30(32(43)40-20-35(17-25(40)18-37)26-10-6-7-11-27(26)38-33(35)44)41-29-16-24(36)13-12-23(29)15-28(31(41)42)39-34(45)46-19-22-8-4-3-5-9-22/h3-13,16,21,25,28,30H,14-15,17,19-20H2,1-2H3,(H,38,44)(H,39,45)/t25-,28?,30-,35-/m0/s1. The van der Waals surface area contributed by atoms with Crippen LogP contribution in [0.1, 0.15) is 43.4 Å². The van der Waals surface area contributed by atoms with Gasteiger partial charge in [-0.25, -0.2) is 9.18 Å². The van der Waals surface area contributed by atoms with Crippen molar-refractivity contribution in [1.29, 1.82) is 5.26 Å². The Labute approximate surface area is 266 Å². The third-order valence-electron chi connectivity index (χ3n) is 8.98. The third-order valence-corrected chi connectivity index (χ3v) is 8.98. The molecule has 46 heavy (non-hydrogen) atoms. The molecule has 1 saturated heterocycles. The summed E-state index contributed by atoms with van der Waals surface area (Å²) in [6, 6.07) is 19.4. The number of alkyl carbamates (subject to hydrolysis) is 1. The molecule has 1 fully saturated rings. The summed E-state index contributed by atoms with van der Waals surface area (Å²) in [5.74, 6) is -2.08. The summed E-state index contributed by atoms with van der Waals surface area (Å²) in [5.41, 5.74) is 1.81. The molecule has 0 aliphatic carbocycles. The fourth-order valence-corrected chi connectivity index (χ4v) is 6.81. The van der Waals surface area contributed by atoms with Crippen molar-refractivity contribution >= 4 is 35.2 Å². The average molecular weight is 624 g/mol. The Morgan fingerprint density at radius 1 is 1.11 bits per heavy atom. The van der Waals surface area contributed by atoms with Gasteiger partial charge in [0.05, 0.1) is 17.2 Å². The summed E-state index contributed by atoms with van der Waals surface area (Å²) in [6.45, 7) is 3.74. The van der Waals surface area contributed by atoms with E-state index in [1.165, 1.54) is 28.0 Å². The smallest absolute Gasteiger partial charge is 0.408 e. The number of fused-ring (bicyclic) bond motifs is 3. The number of anilines is 2. The monoisotopic (exact) mass is 623 g/mol. The molecule has 3 aromatic rings. The Kier molecular flexibility index (Phi) is 8.21. The van der Waals surface area contributed by atoms with Gasteiger partial charge in [-0.15, -0.1) is 0 Å². The van der Waals surface area contributed by atoms with E-state index in [-0.39, 0.29) is 49.9 Å². The van der Waals surface area contributed by atoms with Crippen molar-refractivity contribution in [2.45, 2.75) is 63.3 Å². The third kappa shape index (κ3) is 5.55. The van der Waals surface area contributed by atoms with Crippen LogP contribution in [0.15, 0.2) is 72.8 Å². The molecule has 0 saturated carbocycles. The van der Waals surface area contributed by atoms with Crippen LogP contribution in [-0.4, -0.2) is 53.4 Å². The second-order valence-electron chi connectivity index (χ2n) is 12.5. The van der Waals surface area contributed by atoms with E-state index >= 15 is 0 Å². The lowest BCUT2D eigenvalue weighted by atomic mass is 9.80. The minimum Gasteiger partial charge on any atom is -0.445 e. The summed E-state index contributed by atoms with van der Waals surface area (Å²) in [5, 5.41) is 15.7. The van der Waals surface area contributed by atoms with Gasteiger partial charge in [-0.05, 0) is 47.2 Å². The lowest BCUT2D eigenvalue weighted by molar-refractivity contribution is -0.135. The van der Waals surface area contributed by atoms with E-state index in [4.69, 9.17) is 4.74 Å². The first-order valence-electron chi connectivity index (χ1n) is 15.3. The predicted octanol–water partition coefficient (Wildman–Crippen LogP) is 4.44. The quantitative estimate of drug-likeness (QED) is 0.400. The number of carbonyl (C=O) groups excluding carboxylic acids is 4. The number of nitriles is 1. The Morgan fingerprint density at radius 2 is 1.85 bits per heavy atom. The van der Waals surface area contributed by atoms with Gasteiger partial charge in [0, 0.05) is 25.1 Å². The van der Waals surface area contributed by atoms with Crippen LogP contribution in [0, 0.1) is 23.1 Å². The van der Waals surface area contributed by atoms with Gasteiger partial charge in [-0.2, -0.15) is 5.26 Å². The highest BCUT2D eigenvalue weighted by atomic mass is 19.1. The molecule has 3 aliphatic heterocycles. The van der Waals surface area contributed by atoms with Crippen molar-refractivity contribution in [3.8, 4) is 6.07 Å². The molecule has 1 unspecified atom stereocenters. The highest BCUT2D eigenvalue weighted by Crippen LogP contribution is 2.47. The molecule has 2 N–H and O–H groups in total. The normalized spacial score (nSPS) is 22.2. The van der Waals surface area contributed by atoms with Crippen LogP contribution in [0.3, 0.4) is 0 Å². The second-order valence-corrected chi connectivity index (χ2v) is 12.5. The number of ether oxygens (including phenoxy) is 1. The van der Waals surface area contributed by atoms with Gasteiger partial charge in [-0.1, -0.05) is 68.4 Å². The molecule has 4 atom stereocenters.